The number of rotatable bonds is 2. The molecule has 0 aromatic heterocycles. The zero-order chi connectivity index (χ0) is 32.9. The monoisotopic (exact) mass is 560 g/mol. The van der Waals surface area contributed by atoms with E-state index in [4.69, 9.17) is 17.2 Å². The van der Waals surface area contributed by atoms with Crippen molar-refractivity contribution in [2.24, 2.45) is 0 Å². The van der Waals surface area contributed by atoms with Gasteiger partial charge in [-0.2, -0.15) is 0 Å². The first kappa shape index (κ1) is 53.3. The molecule has 0 aliphatic rings. The molecule has 0 atom stereocenters. The molecule has 3 rings (SSSR count). The Kier molecular flexibility index (Phi) is 87.0. The second kappa shape index (κ2) is 65.3. The van der Waals surface area contributed by atoms with Crippen LogP contribution in [0.1, 0.15) is 129 Å². The summed E-state index contributed by atoms with van der Waals surface area (Å²) in [5, 5.41) is 0. The van der Waals surface area contributed by atoms with Gasteiger partial charge in [0.2, 0.25) is 0 Å². The molecule has 3 aromatic carbocycles. The minimum atomic E-state index is 0.822. The molecule has 3 heteroatoms. The summed E-state index contributed by atoms with van der Waals surface area (Å²) in [6.45, 7) is 29.0. The van der Waals surface area contributed by atoms with E-state index in [9.17, 15) is 0 Å². The van der Waals surface area contributed by atoms with Crippen LogP contribution in [-0.2, 0) is 0 Å². The summed E-state index contributed by atoms with van der Waals surface area (Å²) >= 11 is 0. The zero-order valence-corrected chi connectivity index (χ0v) is 29.4. The fourth-order valence-electron chi connectivity index (χ4n) is 1.36. The third kappa shape index (κ3) is 76.5. The van der Waals surface area contributed by atoms with E-state index < -0.39 is 0 Å². The van der Waals surface area contributed by atoms with E-state index in [1.807, 2.05) is 146 Å². The molecule has 0 bridgehead atoms. The van der Waals surface area contributed by atoms with Crippen LogP contribution in [0, 0.1) is 0 Å². The fourth-order valence-corrected chi connectivity index (χ4v) is 1.36. The van der Waals surface area contributed by atoms with Crippen LogP contribution in [0.2, 0.25) is 0 Å². The predicted octanol–water partition coefficient (Wildman–Crippen LogP) is 12.9. The van der Waals surface area contributed by atoms with E-state index in [2.05, 4.69) is 41.5 Å². The fraction of sp³-hybridized carbons (Fsp3) is 0.514. The van der Waals surface area contributed by atoms with Gasteiger partial charge in [0.25, 0.3) is 0 Å². The molecule has 0 amide bonds. The molecule has 6 N–H and O–H groups in total. The van der Waals surface area contributed by atoms with Crippen molar-refractivity contribution in [1.82, 2.24) is 0 Å². The minimum Gasteiger partial charge on any atom is -0.399 e. The number of benzene rings is 3. The first-order valence-electron chi connectivity index (χ1n) is 15.8. The Morgan fingerprint density at radius 2 is 0.450 bits per heavy atom. The molecule has 3 aromatic rings. The Hall–Kier alpha value is -2.94. The van der Waals surface area contributed by atoms with Crippen molar-refractivity contribution in [3.8, 4) is 0 Å². The Bertz CT molecular complexity index is 560. The van der Waals surface area contributed by atoms with E-state index in [0.717, 1.165) is 17.1 Å². The maximum Gasteiger partial charge on any atom is 0.0313 e. The molecule has 0 unspecified atom stereocenters. The largest absolute Gasteiger partial charge is 0.399 e. The minimum absolute atomic E-state index is 0.822. The normalized spacial score (nSPS) is 7.05. The van der Waals surface area contributed by atoms with Gasteiger partial charge in [-0.05, 0) is 36.4 Å². The number of nitrogens with two attached hydrogens (primary N) is 3. The lowest BCUT2D eigenvalue weighted by Crippen LogP contribution is -1.79. The summed E-state index contributed by atoms with van der Waals surface area (Å²) in [7, 11) is 0. The molecule has 0 spiro atoms. The lowest BCUT2D eigenvalue weighted by Gasteiger charge is -1.83. The van der Waals surface area contributed by atoms with Crippen LogP contribution in [-0.4, -0.2) is 0 Å². The van der Waals surface area contributed by atoms with Gasteiger partial charge in [0.15, 0.2) is 0 Å². The van der Waals surface area contributed by atoms with Gasteiger partial charge in [-0.3, -0.25) is 0 Å². The molecule has 0 radical (unpaired) electrons. The van der Waals surface area contributed by atoms with Crippen LogP contribution in [0.25, 0.3) is 0 Å². The predicted molar refractivity (Wildman–Crippen MR) is 195 cm³/mol. The zero-order valence-electron chi connectivity index (χ0n) is 29.4. The van der Waals surface area contributed by atoms with Crippen LogP contribution in [0.5, 0.6) is 0 Å². The van der Waals surface area contributed by atoms with Gasteiger partial charge < -0.3 is 17.2 Å². The van der Waals surface area contributed by atoms with Crippen LogP contribution in [0.15, 0.2) is 91.0 Å². The molecule has 0 fully saturated rings. The maximum atomic E-state index is 5.36. The lowest BCUT2D eigenvalue weighted by molar-refractivity contribution is 0.886. The summed E-state index contributed by atoms with van der Waals surface area (Å²) in [6.07, 6.45) is 6.53. The van der Waals surface area contributed by atoms with Gasteiger partial charge >= 0.3 is 0 Å². The van der Waals surface area contributed by atoms with E-state index in [-0.39, 0.29) is 0 Å². The highest BCUT2D eigenvalue weighted by molar-refractivity contribution is 5.37. The van der Waals surface area contributed by atoms with E-state index in [0.29, 0.717) is 0 Å². The van der Waals surface area contributed by atoms with Crippen LogP contribution in [0.4, 0.5) is 17.1 Å². The van der Waals surface area contributed by atoms with Crippen molar-refractivity contribution in [2.75, 3.05) is 17.2 Å². The smallest absolute Gasteiger partial charge is 0.0313 e. The Morgan fingerprint density at radius 3 is 0.500 bits per heavy atom. The topological polar surface area (TPSA) is 78.1 Å². The van der Waals surface area contributed by atoms with Gasteiger partial charge in [-0.25, -0.2) is 0 Å². The molecule has 3 nitrogen and oxygen atoms in total. The SMILES string of the molecule is CC.CC.CC.CC.CCC.CCCC.CCCC.Nc1ccccc1.Nc1ccccc1.Nc1ccccc1. The van der Waals surface area contributed by atoms with Crippen molar-refractivity contribution in [1.29, 1.82) is 0 Å². The standard InChI is InChI=1S/3C6H7N.2C4H10.C3H8.4C2H6/c3*7-6-4-2-1-3-5-6;2*1-3-4-2;1-3-2;4*1-2/h3*1-5H,7H2;2*3-4H2,1-2H3;3H2,1-2H3;4*1-2H3. The Morgan fingerprint density at radius 1 is 0.325 bits per heavy atom. The van der Waals surface area contributed by atoms with Crippen LogP contribution >= 0.6 is 0 Å². The first-order valence-corrected chi connectivity index (χ1v) is 15.8. The van der Waals surface area contributed by atoms with Crippen LogP contribution in [0.3, 0.4) is 0 Å². The molecule has 0 aliphatic heterocycles. The molecule has 40 heavy (non-hydrogen) atoms. The second-order valence-corrected chi connectivity index (χ2v) is 6.94. The van der Waals surface area contributed by atoms with Gasteiger partial charge in [0.05, 0.1) is 0 Å². The molecule has 0 heterocycles. The summed E-state index contributed by atoms with van der Waals surface area (Å²) in [6, 6.07) is 28.5. The average Bonchev–Trinajstić information content (AvgIpc) is 3.03. The third-order valence-corrected chi connectivity index (χ3v) is 3.40. The summed E-state index contributed by atoms with van der Waals surface area (Å²) in [5.41, 5.74) is 18.5. The number of unbranched alkanes of at least 4 members (excludes halogenated alkanes) is 2. The molecular formula is C37H73N3. The Balaban J connectivity index is -0.0000000635. The van der Waals surface area contributed by atoms with Crippen molar-refractivity contribution in [2.45, 2.75) is 129 Å². The lowest BCUT2D eigenvalue weighted by atomic mass is 10.3. The second-order valence-electron chi connectivity index (χ2n) is 6.94. The quantitative estimate of drug-likeness (QED) is 0.273. The molecule has 0 aliphatic carbocycles. The first-order chi connectivity index (χ1) is 19.4. The highest BCUT2D eigenvalue weighted by Crippen LogP contribution is 1.97. The number of anilines is 3. The highest BCUT2D eigenvalue weighted by atomic mass is 14.5. The van der Waals surface area contributed by atoms with Crippen LogP contribution < -0.4 is 17.2 Å². The summed E-state index contributed by atoms with van der Waals surface area (Å²) < 4.78 is 0. The summed E-state index contributed by atoms with van der Waals surface area (Å²) in [4.78, 5) is 0. The molecule has 0 saturated heterocycles. The van der Waals surface area contributed by atoms with Gasteiger partial charge in [0.1, 0.15) is 0 Å². The van der Waals surface area contributed by atoms with Gasteiger partial charge in [0, 0.05) is 17.1 Å². The van der Waals surface area contributed by atoms with E-state index in [1.165, 1.54) is 32.1 Å². The van der Waals surface area contributed by atoms with Crippen molar-refractivity contribution < 1.29 is 0 Å². The Labute approximate surface area is 254 Å². The molecular weight excluding hydrogens is 486 g/mol. The number of hydrogen-bond acceptors (Lipinski definition) is 3. The van der Waals surface area contributed by atoms with Gasteiger partial charge in [-0.1, -0.05) is 184 Å². The molecule has 236 valence electrons. The number of hydrogen-bond donors (Lipinski definition) is 3. The average molecular weight is 560 g/mol. The van der Waals surface area contributed by atoms with E-state index in [1.54, 1.807) is 0 Å². The van der Waals surface area contributed by atoms with Crippen molar-refractivity contribution in [3.63, 3.8) is 0 Å². The number of para-hydroxylation sites is 3. The van der Waals surface area contributed by atoms with E-state index >= 15 is 0 Å². The van der Waals surface area contributed by atoms with Crippen molar-refractivity contribution in [3.05, 3.63) is 91.0 Å². The highest BCUT2D eigenvalue weighted by Gasteiger charge is 1.73. The van der Waals surface area contributed by atoms with Crippen molar-refractivity contribution >= 4 is 17.1 Å². The van der Waals surface area contributed by atoms with Gasteiger partial charge in [-0.15, -0.1) is 0 Å². The maximum absolute atomic E-state index is 5.36. The summed E-state index contributed by atoms with van der Waals surface area (Å²) in [5.74, 6) is 0. The number of nitrogen functional groups attached to an aromatic ring is 3. The molecule has 0 saturated carbocycles. The third-order valence-electron chi connectivity index (χ3n) is 3.40.